The Kier molecular flexibility index (Phi) is 6.67. The van der Waals surface area contributed by atoms with Crippen LogP contribution in [0.1, 0.15) is 33.9 Å². The molecule has 1 aromatic carbocycles. The van der Waals surface area contributed by atoms with E-state index in [1.807, 2.05) is 24.3 Å². The van der Waals surface area contributed by atoms with E-state index in [-0.39, 0.29) is 18.5 Å². The van der Waals surface area contributed by atoms with Gasteiger partial charge in [-0.2, -0.15) is 0 Å². The molecule has 138 valence electrons. The second-order valence-corrected chi connectivity index (χ2v) is 6.46. The molecule has 0 bridgehead atoms. The summed E-state index contributed by atoms with van der Waals surface area (Å²) in [5.74, 6) is -1.70. The number of nitrogens with zero attached hydrogens (tertiary/aromatic N) is 1. The van der Waals surface area contributed by atoms with Gasteiger partial charge in [0.05, 0.1) is 12.1 Å². The highest BCUT2D eigenvalue weighted by Crippen LogP contribution is 2.18. The molecule has 0 aliphatic heterocycles. The Morgan fingerprint density at radius 1 is 1.31 bits per heavy atom. The number of primary amides is 1. The average Bonchev–Trinajstić information content (AvgIpc) is 3.07. The van der Waals surface area contributed by atoms with E-state index in [1.165, 1.54) is 11.3 Å². The van der Waals surface area contributed by atoms with Gasteiger partial charge in [-0.1, -0.05) is 12.1 Å². The Morgan fingerprint density at radius 3 is 2.58 bits per heavy atom. The lowest BCUT2D eigenvalue weighted by atomic mass is 10.1. The van der Waals surface area contributed by atoms with Crippen LogP contribution in [0.2, 0.25) is 0 Å². The number of carboxylic acids is 1. The third-order valence-corrected chi connectivity index (χ3v) is 4.43. The van der Waals surface area contributed by atoms with Gasteiger partial charge >= 0.3 is 5.97 Å². The van der Waals surface area contributed by atoms with E-state index in [9.17, 15) is 14.4 Å². The number of benzene rings is 1. The van der Waals surface area contributed by atoms with Crippen molar-refractivity contribution in [1.29, 1.82) is 0 Å². The molecule has 1 heterocycles. The SMILES string of the molecule is COc1ccc(Cc2nc(C(=O)NC(CCC(N)=O)C(=O)O)cs2)cc1. The van der Waals surface area contributed by atoms with Crippen LogP contribution in [-0.4, -0.2) is 41.0 Å². The quantitative estimate of drug-likeness (QED) is 0.601. The highest BCUT2D eigenvalue weighted by atomic mass is 32.1. The maximum Gasteiger partial charge on any atom is 0.326 e. The van der Waals surface area contributed by atoms with E-state index in [0.29, 0.717) is 6.42 Å². The summed E-state index contributed by atoms with van der Waals surface area (Å²) in [6, 6.07) is 6.30. The van der Waals surface area contributed by atoms with Crippen LogP contribution >= 0.6 is 11.3 Å². The van der Waals surface area contributed by atoms with Crippen LogP contribution in [0.5, 0.6) is 5.75 Å². The minimum atomic E-state index is -1.23. The van der Waals surface area contributed by atoms with Crippen molar-refractivity contribution in [1.82, 2.24) is 10.3 Å². The topological polar surface area (TPSA) is 132 Å². The van der Waals surface area contributed by atoms with Crippen LogP contribution in [-0.2, 0) is 16.0 Å². The number of hydrogen-bond donors (Lipinski definition) is 3. The zero-order valence-corrected chi connectivity index (χ0v) is 14.9. The summed E-state index contributed by atoms with van der Waals surface area (Å²) in [4.78, 5) is 38.4. The van der Waals surface area contributed by atoms with Gasteiger partial charge < -0.3 is 20.9 Å². The molecule has 8 nitrogen and oxygen atoms in total. The van der Waals surface area contributed by atoms with E-state index < -0.39 is 23.8 Å². The summed E-state index contributed by atoms with van der Waals surface area (Å²) in [5.41, 5.74) is 6.17. The first-order valence-corrected chi connectivity index (χ1v) is 8.66. The van der Waals surface area contributed by atoms with Crippen molar-refractivity contribution in [2.45, 2.75) is 25.3 Å². The van der Waals surface area contributed by atoms with Gasteiger partial charge in [0.1, 0.15) is 17.5 Å². The van der Waals surface area contributed by atoms with E-state index in [0.717, 1.165) is 16.3 Å². The standard InChI is InChI=1S/C17H19N3O5S/c1-25-11-4-2-10(3-5-11)8-15-19-13(9-26-15)16(22)20-12(17(23)24)6-7-14(18)21/h2-5,9,12H,6-8H2,1H3,(H2,18,21)(H,20,22)(H,23,24). The van der Waals surface area contributed by atoms with Crippen LogP contribution in [0.25, 0.3) is 0 Å². The molecule has 1 atom stereocenters. The Labute approximate surface area is 154 Å². The van der Waals surface area contributed by atoms with E-state index in [4.69, 9.17) is 15.6 Å². The van der Waals surface area contributed by atoms with Gasteiger partial charge in [-0.05, 0) is 24.1 Å². The molecule has 4 N–H and O–H groups in total. The van der Waals surface area contributed by atoms with E-state index in [2.05, 4.69) is 10.3 Å². The van der Waals surface area contributed by atoms with Crippen molar-refractivity contribution in [2.24, 2.45) is 5.73 Å². The van der Waals surface area contributed by atoms with Crippen molar-refractivity contribution in [3.05, 3.63) is 45.9 Å². The zero-order chi connectivity index (χ0) is 19.1. The van der Waals surface area contributed by atoms with Crippen molar-refractivity contribution in [3.8, 4) is 5.75 Å². The molecule has 0 fully saturated rings. The van der Waals surface area contributed by atoms with Crippen LogP contribution in [0.15, 0.2) is 29.6 Å². The first-order chi connectivity index (χ1) is 12.4. The van der Waals surface area contributed by atoms with Gasteiger partial charge in [0.15, 0.2) is 0 Å². The Hall–Kier alpha value is -2.94. The van der Waals surface area contributed by atoms with Crippen molar-refractivity contribution in [3.63, 3.8) is 0 Å². The number of nitrogens with two attached hydrogens (primary N) is 1. The van der Waals surface area contributed by atoms with Gasteiger partial charge in [-0.3, -0.25) is 9.59 Å². The number of thiazole rings is 1. The number of nitrogens with one attached hydrogen (secondary N) is 1. The Balaban J connectivity index is 1.99. The maximum absolute atomic E-state index is 12.2. The van der Waals surface area contributed by atoms with Gasteiger partial charge in [0, 0.05) is 18.2 Å². The molecule has 2 amide bonds. The second-order valence-electron chi connectivity index (χ2n) is 5.52. The molecule has 26 heavy (non-hydrogen) atoms. The largest absolute Gasteiger partial charge is 0.497 e. The number of methoxy groups -OCH3 is 1. The van der Waals surface area contributed by atoms with Crippen LogP contribution in [0, 0.1) is 0 Å². The van der Waals surface area contributed by atoms with E-state index in [1.54, 1.807) is 12.5 Å². The smallest absolute Gasteiger partial charge is 0.326 e. The number of hydrogen-bond acceptors (Lipinski definition) is 6. The molecule has 0 spiro atoms. The number of aliphatic carboxylic acids is 1. The molecule has 0 saturated heterocycles. The molecule has 0 saturated carbocycles. The van der Waals surface area contributed by atoms with Gasteiger partial charge in [0.2, 0.25) is 5.91 Å². The summed E-state index contributed by atoms with van der Waals surface area (Å²) in [7, 11) is 1.59. The highest BCUT2D eigenvalue weighted by Gasteiger charge is 2.22. The predicted octanol–water partition coefficient (Wildman–Crippen LogP) is 1.19. The van der Waals surface area contributed by atoms with Gasteiger partial charge in [-0.25, -0.2) is 9.78 Å². The summed E-state index contributed by atoms with van der Waals surface area (Å²) in [5, 5.41) is 13.8. The Morgan fingerprint density at radius 2 is 2.00 bits per heavy atom. The summed E-state index contributed by atoms with van der Waals surface area (Å²) >= 11 is 1.31. The van der Waals surface area contributed by atoms with Crippen LogP contribution < -0.4 is 15.8 Å². The molecule has 1 aromatic heterocycles. The molecule has 0 aliphatic rings. The summed E-state index contributed by atoms with van der Waals surface area (Å²) in [6.07, 6.45) is 0.349. The molecule has 9 heteroatoms. The lowest BCUT2D eigenvalue weighted by Gasteiger charge is -2.12. The highest BCUT2D eigenvalue weighted by molar-refractivity contribution is 7.09. The monoisotopic (exact) mass is 377 g/mol. The lowest BCUT2D eigenvalue weighted by Crippen LogP contribution is -2.41. The first kappa shape index (κ1) is 19.4. The summed E-state index contributed by atoms with van der Waals surface area (Å²) in [6.45, 7) is 0. The molecule has 2 rings (SSSR count). The zero-order valence-electron chi connectivity index (χ0n) is 14.1. The number of ether oxygens (including phenoxy) is 1. The molecule has 0 aliphatic carbocycles. The second kappa shape index (κ2) is 8.95. The number of carboxylic acid groups (broad SMARTS) is 1. The normalized spacial score (nSPS) is 11.6. The number of carbonyl (C=O) groups excluding carboxylic acids is 2. The Bertz CT molecular complexity index is 788. The fraction of sp³-hybridized carbons (Fsp3) is 0.294. The molecular formula is C17H19N3O5S. The lowest BCUT2D eigenvalue weighted by molar-refractivity contribution is -0.139. The van der Waals surface area contributed by atoms with Crippen molar-refractivity contribution < 1.29 is 24.2 Å². The van der Waals surface area contributed by atoms with Gasteiger partial charge in [0.25, 0.3) is 5.91 Å². The maximum atomic E-state index is 12.2. The minimum Gasteiger partial charge on any atom is -0.497 e. The third kappa shape index (κ3) is 5.55. The number of aromatic nitrogens is 1. The predicted molar refractivity (Wildman–Crippen MR) is 95.2 cm³/mol. The molecule has 0 radical (unpaired) electrons. The fourth-order valence-corrected chi connectivity index (χ4v) is 3.00. The third-order valence-electron chi connectivity index (χ3n) is 3.58. The van der Waals surface area contributed by atoms with Crippen molar-refractivity contribution >= 4 is 29.1 Å². The van der Waals surface area contributed by atoms with Crippen LogP contribution in [0.4, 0.5) is 0 Å². The number of carbonyl (C=O) groups is 3. The van der Waals surface area contributed by atoms with E-state index >= 15 is 0 Å². The fourth-order valence-electron chi connectivity index (χ4n) is 2.19. The van der Waals surface area contributed by atoms with Gasteiger partial charge in [-0.15, -0.1) is 11.3 Å². The minimum absolute atomic E-state index is 0.0702. The van der Waals surface area contributed by atoms with Crippen LogP contribution in [0.3, 0.4) is 0 Å². The molecule has 1 unspecified atom stereocenters. The average molecular weight is 377 g/mol. The molecular weight excluding hydrogens is 358 g/mol. The first-order valence-electron chi connectivity index (χ1n) is 7.78. The number of amides is 2. The molecule has 2 aromatic rings. The number of rotatable bonds is 9. The van der Waals surface area contributed by atoms with Crippen molar-refractivity contribution in [2.75, 3.05) is 7.11 Å². The summed E-state index contributed by atoms with van der Waals surface area (Å²) < 4.78 is 5.10.